The van der Waals surface area contributed by atoms with Gasteiger partial charge in [-0.2, -0.15) is 0 Å². The van der Waals surface area contributed by atoms with Gasteiger partial charge < -0.3 is 0 Å². The molecule has 22 heavy (non-hydrogen) atoms. The van der Waals surface area contributed by atoms with Gasteiger partial charge in [0.2, 0.25) is 0 Å². The van der Waals surface area contributed by atoms with Crippen LogP contribution >= 0.6 is 34.5 Å². The Labute approximate surface area is 142 Å². The van der Waals surface area contributed by atoms with E-state index in [-0.39, 0.29) is 16.5 Å². The summed E-state index contributed by atoms with van der Waals surface area (Å²) in [6.45, 7) is 3.99. The van der Waals surface area contributed by atoms with Crippen molar-refractivity contribution in [1.82, 2.24) is 10.9 Å². The predicted octanol–water partition coefficient (Wildman–Crippen LogP) is 4.00. The summed E-state index contributed by atoms with van der Waals surface area (Å²) < 4.78 is 0. The van der Waals surface area contributed by atoms with Gasteiger partial charge >= 0.3 is 0 Å². The maximum atomic E-state index is 12.0. The predicted molar refractivity (Wildman–Crippen MR) is 89.8 cm³/mol. The number of hydrogen-bond acceptors (Lipinski definition) is 3. The van der Waals surface area contributed by atoms with Crippen molar-refractivity contribution < 1.29 is 9.59 Å². The lowest BCUT2D eigenvalue weighted by Gasteiger charge is -2.07. The van der Waals surface area contributed by atoms with Gasteiger partial charge in [-0.15, -0.1) is 11.3 Å². The van der Waals surface area contributed by atoms with Crippen molar-refractivity contribution in [2.45, 2.75) is 20.3 Å². The summed E-state index contributed by atoms with van der Waals surface area (Å²) in [6.07, 6.45) is 0.872. The van der Waals surface area contributed by atoms with Crippen molar-refractivity contribution in [2.75, 3.05) is 0 Å². The average Bonchev–Trinajstić information content (AvgIpc) is 2.85. The van der Waals surface area contributed by atoms with Crippen LogP contribution in [0.5, 0.6) is 0 Å². The van der Waals surface area contributed by atoms with Crippen LogP contribution in [-0.4, -0.2) is 11.8 Å². The summed E-state index contributed by atoms with van der Waals surface area (Å²) in [5, 5.41) is 0.659. The third-order valence-electron chi connectivity index (χ3n) is 3.03. The minimum atomic E-state index is -0.501. The molecule has 2 rings (SSSR count). The van der Waals surface area contributed by atoms with Crippen LogP contribution in [-0.2, 0) is 6.42 Å². The lowest BCUT2D eigenvalue weighted by molar-refractivity contribution is 0.0849. The highest BCUT2D eigenvalue weighted by molar-refractivity contribution is 7.14. The number of hydrazine groups is 1. The van der Waals surface area contributed by atoms with Gasteiger partial charge in [-0.1, -0.05) is 30.1 Å². The van der Waals surface area contributed by atoms with Gasteiger partial charge in [-0.05, 0) is 43.2 Å². The second kappa shape index (κ2) is 7.13. The van der Waals surface area contributed by atoms with Crippen LogP contribution in [0, 0.1) is 6.92 Å². The van der Waals surface area contributed by atoms with Crippen LogP contribution in [0.25, 0.3) is 0 Å². The van der Waals surface area contributed by atoms with Gasteiger partial charge in [0.05, 0.1) is 15.5 Å². The number of nitrogens with one attached hydrogen (secondary N) is 2. The molecule has 1 aromatic heterocycles. The maximum absolute atomic E-state index is 12.0. The quantitative estimate of drug-likeness (QED) is 0.816. The molecule has 4 nitrogen and oxygen atoms in total. The van der Waals surface area contributed by atoms with Gasteiger partial charge in [0, 0.05) is 9.90 Å². The molecule has 0 bridgehead atoms. The standard InChI is InChI=1S/C15H14Cl2N2O2S/c1-3-12-8(2)6-13(22-12)15(21)19-18-14(20)10-5-4-9(16)7-11(10)17/h4-7H,3H2,1-2H3,(H,18,20)(H,19,21). The van der Waals surface area contributed by atoms with Gasteiger partial charge in [0.15, 0.2) is 0 Å². The van der Waals surface area contributed by atoms with Crippen LogP contribution in [0.15, 0.2) is 24.3 Å². The van der Waals surface area contributed by atoms with Crippen LogP contribution in [0.3, 0.4) is 0 Å². The van der Waals surface area contributed by atoms with Crippen LogP contribution in [0.2, 0.25) is 10.0 Å². The molecule has 1 aromatic carbocycles. The third kappa shape index (κ3) is 3.80. The Kier molecular flexibility index (Phi) is 5.45. The first kappa shape index (κ1) is 16.8. The third-order valence-corrected chi connectivity index (χ3v) is 4.96. The molecule has 116 valence electrons. The highest BCUT2D eigenvalue weighted by Gasteiger charge is 2.14. The molecule has 0 aliphatic rings. The van der Waals surface area contributed by atoms with E-state index in [9.17, 15) is 9.59 Å². The van der Waals surface area contributed by atoms with E-state index in [1.807, 2.05) is 13.8 Å². The molecule has 0 radical (unpaired) electrons. The van der Waals surface area contributed by atoms with Gasteiger partial charge in [0.25, 0.3) is 11.8 Å². The second-order valence-electron chi connectivity index (χ2n) is 4.60. The minimum absolute atomic E-state index is 0.222. The Hall–Kier alpha value is -1.56. The van der Waals surface area contributed by atoms with Gasteiger partial charge in [-0.3, -0.25) is 20.4 Å². The largest absolute Gasteiger partial charge is 0.279 e. The molecule has 0 spiro atoms. The number of hydrogen-bond donors (Lipinski definition) is 2. The molecule has 7 heteroatoms. The van der Waals surface area contributed by atoms with E-state index >= 15 is 0 Å². The maximum Gasteiger partial charge on any atom is 0.279 e. The molecule has 2 amide bonds. The molecule has 2 N–H and O–H groups in total. The van der Waals surface area contributed by atoms with E-state index in [0.29, 0.717) is 9.90 Å². The lowest BCUT2D eigenvalue weighted by atomic mass is 10.2. The number of thiophene rings is 1. The molecule has 0 unspecified atom stereocenters. The zero-order valence-corrected chi connectivity index (χ0v) is 14.3. The minimum Gasteiger partial charge on any atom is -0.267 e. The molecule has 0 saturated heterocycles. The number of amides is 2. The second-order valence-corrected chi connectivity index (χ2v) is 6.58. The molecule has 0 fully saturated rings. The van der Waals surface area contributed by atoms with E-state index in [1.54, 1.807) is 12.1 Å². The number of aryl methyl sites for hydroxylation is 2. The first-order valence-electron chi connectivity index (χ1n) is 6.57. The highest BCUT2D eigenvalue weighted by Crippen LogP contribution is 2.22. The summed E-state index contributed by atoms with van der Waals surface area (Å²) in [6, 6.07) is 6.33. The zero-order chi connectivity index (χ0) is 16.3. The van der Waals surface area contributed by atoms with E-state index in [0.717, 1.165) is 16.9 Å². The summed E-state index contributed by atoms with van der Waals surface area (Å²) in [5.74, 6) is -0.856. The first-order chi connectivity index (χ1) is 10.4. The molecule has 0 aliphatic heterocycles. The topological polar surface area (TPSA) is 58.2 Å². The fourth-order valence-electron chi connectivity index (χ4n) is 1.90. The number of benzene rings is 1. The summed E-state index contributed by atoms with van der Waals surface area (Å²) in [5.41, 5.74) is 6.04. The fourth-order valence-corrected chi connectivity index (χ4v) is 3.40. The molecule has 0 atom stereocenters. The van der Waals surface area contributed by atoms with Crippen molar-refractivity contribution in [2.24, 2.45) is 0 Å². The number of halogens is 2. The van der Waals surface area contributed by atoms with E-state index < -0.39 is 5.91 Å². The van der Waals surface area contributed by atoms with Crippen molar-refractivity contribution in [1.29, 1.82) is 0 Å². The molecule has 0 aliphatic carbocycles. The lowest BCUT2D eigenvalue weighted by Crippen LogP contribution is -2.41. The van der Waals surface area contributed by atoms with Crippen LogP contribution in [0.4, 0.5) is 0 Å². The van der Waals surface area contributed by atoms with Crippen LogP contribution in [0.1, 0.15) is 37.4 Å². The Balaban J connectivity index is 2.02. The zero-order valence-electron chi connectivity index (χ0n) is 12.0. The number of rotatable bonds is 3. The molecule has 2 aromatic rings. The van der Waals surface area contributed by atoms with Crippen molar-refractivity contribution in [3.05, 3.63) is 55.2 Å². The summed E-state index contributed by atoms with van der Waals surface area (Å²) in [7, 11) is 0. The molecule has 1 heterocycles. The van der Waals surface area contributed by atoms with Crippen molar-refractivity contribution in [3.8, 4) is 0 Å². The molecular weight excluding hydrogens is 343 g/mol. The van der Waals surface area contributed by atoms with Crippen LogP contribution < -0.4 is 10.9 Å². The highest BCUT2D eigenvalue weighted by atomic mass is 35.5. The number of carbonyl (C=O) groups is 2. The molecule has 0 saturated carbocycles. The van der Waals surface area contributed by atoms with Crippen molar-refractivity contribution in [3.63, 3.8) is 0 Å². The summed E-state index contributed by atoms with van der Waals surface area (Å²) in [4.78, 5) is 25.7. The van der Waals surface area contributed by atoms with Gasteiger partial charge in [0.1, 0.15) is 0 Å². The Morgan fingerprint density at radius 2 is 1.82 bits per heavy atom. The fraction of sp³-hybridized carbons (Fsp3) is 0.200. The monoisotopic (exact) mass is 356 g/mol. The number of carbonyl (C=O) groups excluding carboxylic acids is 2. The van der Waals surface area contributed by atoms with Crippen molar-refractivity contribution >= 4 is 46.4 Å². The molecular formula is C15H14Cl2N2O2S. The Morgan fingerprint density at radius 3 is 2.41 bits per heavy atom. The smallest absolute Gasteiger partial charge is 0.267 e. The van der Waals surface area contributed by atoms with E-state index in [4.69, 9.17) is 23.2 Å². The summed E-state index contributed by atoms with van der Waals surface area (Å²) >= 11 is 13.1. The van der Waals surface area contributed by atoms with Gasteiger partial charge in [-0.25, -0.2) is 0 Å². The van der Waals surface area contributed by atoms with E-state index in [2.05, 4.69) is 10.9 Å². The van der Waals surface area contributed by atoms with E-state index in [1.165, 1.54) is 23.5 Å². The first-order valence-corrected chi connectivity index (χ1v) is 8.14. The Morgan fingerprint density at radius 1 is 1.14 bits per heavy atom. The SMILES string of the molecule is CCc1sc(C(=O)NNC(=O)c2ccc(Cl)cc2Cl)cc1C. The Bertz CT molecular complexity index is 728. The normalized spacial score (nSPS) is 10.4. The average molecular weight is 357 g/mol.